The number of nitrogens with zero attached hydrogens (tertiary/aromatic N) is 3. The molecule has 0 aromatic heterocycles. The van der Waals surface area contributed by atoms with Crippen molar-refractivity contribution in [1.82, 2.24) is 4.90 Å². The van der Waals surface area contributed by atoms with Gasteiger partial charge in [-0.25, -0.2) is 9.18 Å². The molecule has 350 valence electrons. The third kappa shape index (κ3) is 10.9. The van der Waals surface area contributed by atoms with Crippen molar-refractivity contribution in [2.24, 2.45) is 22.9 Å². The number of aliphatic hydroxyl groups excluding tert-OH is 2. The van der Waals surface area contributed by atoms with E-state index in [2.05, 4.69) is 12.7 Å². The van der Waals surface area contributed by atoms with Crippen LogP contribution in [0.2, 0.25) is 0 Å². The Morgan fingerprint density at radius 1 is 0.985 bits per heavy atom. The number of rotatable bonds is 22. The number of carbonyl (C=O) groups excluding carboxylic acids is 1. The second-order valence-corrected chi connectivity index (χ2v) is 17.6. The summed E-state index contributed by atoms with van der Waals surface area (Å²) in [5, 5.41) is 36.2. The predicted molar refractivity (Wildman–Crippen MR) is 250 cm³/mol. The van der Waals surface area contributed by atoms with E-state index in [0.29, 0.717) is 46.9 Å². The Bertz CT molecular complexity index is 2340. The van der Waals surface area contributed by atoms with Crippen LogP contribution in [0, 0.1) is 33.7 Å². The van der Waals surface area contributed by atoms with Crippen LogP contribution in [0.4, 0.5) is 14.9 Å². The SMILES string of the molecule is C=CCOC12Oc3ccc(Oc4ccc(SC)cc4)cc3C3C(CCCCO)C(CCCCO)C=C(C(=NOCc4ccc([N+](=O)[O-])cc4)CC1N(Cc1ccc(F)cc1)C(=O)OCC)C32. The highest BCUT2D eigenvalue weighted by molar-refractivity contribution is 7.98. The minimum atomic E-state index is -1.57. The molecular weight excluding hydrogens is 866 g/mol. The topological polar surface area (TPSA) is 162 Å². The number of hydrogen-bond donors (Lipinski definition) is 2. The zero-order valence-electron chi connectivity index (χ0n) is 37.4. The lowest BCUT2D eigenvalue weighted by molar-refractivity contribution is -0.384. The van der Waals surface area contributed by atoms with Gasteiger partial charge in [0.1, 0.15) is 35.7 Å². The monoisotopic (exact) mass is 923 g/mol. The molecule has 4 aromatic carbocycles. The minimum absolute atomic E-state index is 0.00445. The van der Waals surface area contributed by atoms with Gasteiger partial charge < -0.3 is 34.0 Å². The lowest BCUT2D eigenvalue weighted by Gasteiger charge is -2.59. The Morgan fingerprint density at radius 3 is 2.35 bits per heavy atom. The number of oxime groups is 1. The summed E-state index contributed by atoms with van der Waals surface area (Å²) >= 11 is 1.64. The summed E-state index contributed by atoms with van der Waals surface area (Å²) < 4.78 is 41.0. The first kappa shape index (κ1) is 48.2. The molecule has 15 heteroatoms. The molecule has 6 unspecified atom stereocenters. The van der Waals surface area contributed by atoms with Crippen LogP contribution < -0.4 is 9.47 Å². The Labute approximate surface area is 389 Å². The molecule has 0 bridgehead atoms. The quantitative estimate of drug-likeness (QED) is 0.0254. The second-order valence-electron chi connectivity index (χ2n) is 16.7. The molecule has 6 atom stereocenters. The molecule has 1 fully saturated rings. The van der Waals surface area contributed by atoms with Crippen molar-refractivity contribution in [1.29, 1.82) is 0 Å². The number of carbonyl (C=O) groups is 1. The zero-order valence-corrected chi connectivity index (χ0v) is 38.2. The lowest BCUT2D eigenvalue weighted by atomic mass is 9.55. The van der Waals surface area contributed by atoms with Gasteiger partial charge >= 0.3 is 6.09 Å². The Morgan fingerprint density at radius 2 is 1.68 bits per heavy atom. The zero-order chi connectivity index (χ0) is 46.6. The Kier molecular flexibility index (Phi) is 16.5. The number of non-ortho nitro benzene ring substituents is 1. The van der Waals surface area contributed by atoms with Gasteiger partial charge in [0.05, 0.1) is 29.8 Å². The van der Waals surface area contributed by atoms with E-state index in [1.165, 1.54) is 24.3 Å². The van der Waals surface area contributed by atoms with Crippen molar-refractivity contribution in [2.75, 3.05) is 32.7 Å². The number of nitro groups is 1. The van der Waals surface area contributed by atoms with Crippen LogP contribution in [0.1, 0.15) is 74.5 Å². The number of aliphatic hydroxyl groups is 2. The molecule has 1 heterocycles. The number of benzene rings is 4. The summed E-state index contributed by atoms with van der Waals surface area (Å²) in [6.07, 6.45) is 9.58. The summed E-state index contributed by atoms with van der Waals surface area (Å²) in [4.78, 5) is 34.2. The number of fused-ring (bicyclic) bond motifs is 2. The first-order chi connectivity index (χ1) is 32.1. The summed E-state index contributed by atoms with van der Waals surface area (Å²) in [5.74, 6) is -1.15. The number of nitro benzene ring substituents is 1. The van der Waals surface area contributed by atoms with Gasteiger partial charge in [-0.2, -0.15) is 0 Å². The van der Waals surface area contributed by atoms with E-state index in [1.54, 1.807) is 53.9 Å². The highest BCUT2D eigenvalue weighted by Crippen LogP contribution is 2.62. The highest BCUT2D eigenvalue weighted by Gasteiger charge is 2.65. The van der Waals surface area contributed by atoms with E-state index in [9.17, 15) is 29.5 Å². The maximum atomic E-state index is 14.5. The summed E-state index contributed by atoms with van der Waals surface area (Å²) in [6, 6.07) is 24.8. The minimum Gasteiger partial charge on any atom is -0.459 e. The average Bonchev–Trinajstić information content (AvgIpc) is 3.32. The molecular formula is C51H58FN3O10S. The maximum Gasteiger partial charge on any atom is 0.410 e. The van der Waals surface area contributed by atoms with E-state index in [4.69, 9.17) is 28.9 Å². The fraction of sp³-hybridized carbons (Fsp3) is 0.412. The van der Waals surface area contributed by atoms with Crippen molar-refractivity contribution in [3.05, 3.63) is 148 Å². The lowest BCUT2D eigenvalue weighted by Crippen LogP contribution is -2.70. The van der Waals surface area contributed by atoms with Gasteiger partial charge in [0.2, 0.25) is 5.79 Å². The number of ether oxygens (including phenoxy) is 4. The molecule has 0 saturated heterocycles. The predicted octanol–water partition coefficient (Wildman–Crippen LogP) is 10.7. The second kappa shape index (κ2) is 22.6. The molecule has 1 saturated carbocycles. The van der Waals surface area contributed by atoms with Crippen molar-refractivity contribution < 1.29 is 48.1 Å². The summed E-state index contributed by atoms with van der Waals surface area (Å²) in [7, 11) is 0. The maximum absolute atomic E-state index is 14.5. The van der Waals surface area contributed by atoms with Gasteiger partial charge in [-0.3, -0.25) is 15.0 Å². The van der Waals surface area contributed by atoms with Gasteiger partial charge in [0.15, 0.2) is 0 Å². The molecule has 0 spiro atoms. The molecule has 13 nitrogen and oxygen atoms in total. The molecule has 1 aliphatic heterocycles. The van der Waals surface area contributed by atoms with Crippen LogP contribution in [0.3, 0.4) is 0 Å². The van der Waals surface area contributed by atoms with Crippen LogP contribution in [0.15, 0.2) is 125 Å². The molecule has 1 amide bonds. The van der Waals surface area contributed by atoms with Crippen molar-refractivity contribution in [3.63, 3.8) is 0 Å². The first-order valence-electron chi connectivity index (χ1n) is 22.6. The van der Waals surface area contributed by atoms with E-state index in [-0.39, 0.29) is 69.4 Å². The summed E-state index contributed by atoms with van der Waals surface area (Å²) in [6.45, 7) is 5.99. The number of hydrogen-bond acceptors (Lipinski definition) is 12. The van der Waals surface area contributed by atoms with E-state index in [1.807, 2.05) is 48.7 Å². The highest BCUT2D eigenvalue weighted by atomic mass is 32.2. The molecule has 2 N–H and O–H groups in total. The Balaban J connectivity index is 1.44. The van der Waals surface area contributed by atoms with Gasteiger partial charge in [-0.1, -0.05) is 42.3 Å². The number of allylic oxidation sites excluding steroid dienone is 1. The van der Waals surface area contributed by atoms with Crippen LogP contribution in [-0.2, 0) is 27.5 Å². The van der Waals surface area contributed by atoms with Gasteiger partial charge in [0, 0.05) is 54.7 Å². The molecule has 0 radical (unpaired) electrons. The third-order valence-electron chi connectivity index (χ3n) is 12.6. The van der Waals surface area contributed by atoms with Crippen molar-refractivity contribution in [2.45, 2.75) is 87.7 Å². The molecule has 2 aliphatic carbocycles. The third-order valence-corrected chi connectivity index (χ3v) is 13.4. The average molecular weight is 924 g/mol. The summed E-state index contributed by atoms with van der Waals surface area (Å²) in [5.41, 5.74) is 3.53. The molecule has 4 aromatic rings. The number of unbranched alkanes of at least 4 members (excludes halogenated alkanes) is 2. The van der Waals surface area contributed by atoms with E-state index >= 15 is 0 Å². The van der Waals surface area contributed by atoms with Crippen molar-refractivity contribution in [3.8, 4) is 17.2 Å². The van der Waals surface area contributed by atoms with Crippen molar-refractivity contribution >= 4 is 29.3 Å². The van der Waals surface area contributed by atoms with Gasteiger partial charge in [-0.05, 0) is 134 Å². The number of halogens is 1. The smallest absolute Gasteiger partial charge is 0.410 e. The number of thioether (sulfide) groups is 1. The molecule has 3 aliphatic rings. The Hall–Kier alpha value is -5.74. The van der Waals surface area contributed by atoms with Gasteiger partial charge in [0.25, 0.3) is 5.69 Å². The number of amides is 1. The normalized spacial score (nSPS) is 22.3. The van der Waals surface area contributed by atoms with Crippen LogP contribution >= 0.6 is 11.8 Å². The van der Waals surface area contributed by atoms with Crippen LogP contribution in [0.25, 0.3) is 0 Å². The standard InChI is InChI=1S/C51H58FN3O10S/c1-4-28-62-51-47(54(50(58)61-5-2)32-34-12-16-37(52)17-13-34)31-45(53-63-33-35-14-18-38(19-15-35)55(59)60)43-29-36(10-6-8-26-56)42(11-7-9-27-57)48(49(43)51)44-30-40(22-25-46(44)65-51)64-39-20-23-41(66-3)24-21-39/h4,12-25,29-30,36,42,47-49,56-57H,1,5-11,26-28,31-33H2,2-3H3. The molecule has 66 heavy (non-hydrogen) atoms. The van der Waals surface area contributed by atoms with Crippen LogP contribution in [0.5, 0.6) is 17.2 Å². The fourth-order valence-corrected chi connectivity index (χ4v) is 10.1. The van der Waals surface area contributed by atoms with Gasteiger partial charge in [-0.15, -0.1) is 18.3 Å². The van der Waals surface area contributed by atoms with E-state index < -0.39 is 34.6 Å². The fourth-order valence-electron chi connectivity index (χ4n) is 9.69. The first-order valence-corrected chi connectivity index (χ1v) is 23.8. The van der Waals surface area contributed by atoms with Crippen LogP contribution in [-0.4, -0.2) is 76.4 Å². The van der Waals surface area contributed by atoms with E-state index in [0.717, 1.165) is 41.7 Å². The molecule has 7 rings (SSSR count). The largest absolute Gasteiger partial charge is 0.459 e.